The smallest absolute Gasteiger partial charge is 0.251 e. The lowest BCUT2D eigenvalue weighted by atomic mass is 9.80. The Hall–Kier alpha value is -2.10. The standard InChI is InChI=1S/C22H30N2O2/c1-3-16-7-5-8-17(13-16)15-23-22(26)19-10-11-20-18(14-19)9-6-12-24(20)21(25)4-2/h4,10-11,14,16-17H,2-3,5-9,12-13,15H2,1H3,(H,23,26). The lowest BCUT2D eigenvalue weighted by Gasteiger charge is -2.29. The van der Waals surface area contributed by atoms with Crippen molar-refractivity contribution < 1.29 is 9.59 Å². The van der Waals surface area contributed by atoms with Gasteiger partial charge >= 0.3 is 0 Å². The zero-order chi connectivity index (χ0) is 18.5. The van der Waals surface area contributed by atoms with E-state index >= 15 is 0 Å². The van der Waals surface area contributed by atoms with Gasteiger partial charge in [0.15, 0.2) is 0 Å². The minimum Gasteiger partial charge on any atom is -0.352 e. The summed E-state index contributed by atoms with van der Waals surface area (Å²) >= 11 is 0. The number of carbonyl (C=O) groups excluding carboxylic acids is 2. The van der Waals surface area contributed by atoms with Crippen LogP contribution in [0.1, 0.15) is 61.4 Å². The van der Waals surface area contributed by atoms with E-state index in [0.29, 0.717) is 18.0 Å². The summed E-state index contributed by atoms with van der Waals surface area (Å²) in [6, 6.07) is 5.68. The van der Waals surface area contributed by atoms with E-state index in [2.05, 4.69) is 18.8 Å². The van der Waals surface area contributed by atoms with Crippen LogP contribution in [0.15, 0.2) is 30.9 Å². The number of aryl methyl sites for hydroxylation is 1. The Kier molecular flexibility index (Phi) is 6.12. The van der Waals surface area contributed by atoms with E-state index in [1.807, 2.05) is 18.2 Å². The molecule has 4 heteroatoms. The fraction of sp³-hybridized carbons (Fsp3) is 0.545. The summed E-state index contributed by atoms with van der Waals surface area (Å²) in [7, 11) is 0. The van der Waals surface area contributed by atoms with Crippen LogP contribution >= 0.6 is 0 Å². The first-order valence-corrected chi connectivity index (χ1v) is 9.97. The predicted molar refractivity (Wildman–Crippen MR) is 105 cm³/mol. The van der Waals surface area contributed by atoms with Crippen molar-refractivity contribution in [2.45, 2.75) is 51.9 Å². The summed E-state index contributed by atoms with van der Waals surface area (Å²) in [4.78, 5) is 26.3. The number of nitrogens with one attached hydrogen (secondary N) is 1. The Morgan fingerprint density at radius 1 is 1.27 bits per heavy atom. The molecule has 1 fully saturated rings. The van der Waals surface area contributed by atoms with Crippen molar-refractivity contribution in [1.82, 2.24) is 5.32 Å². The molecule has 140 valence electrons. The SMILES string of the molecule is C=CC(=O)N1CCCc2cc(C(=O)NCC3CCCC(CC)C3)ccc21. The highest BCUT2D eigenvalue weighted by molar-refractivity contribution is 6.02. The second-order valence-electron chi connectivity index (χ2n) is 7.66. The molecule has 0 aromatic heterocycles. The van der Waals surface area contributed by atoms with Crippen molar-refractivity contribution in [1.29, 1.82) is 0 Å². The van der Waals surface area contributed by atoms with Gasteiger partial charge in [-0.05, 0) is 67.4 Å². The molecule has 1 heterocycles. The van der Waals surface area contributed by atoms with E-state index in [4.69, 9.17) is 0 Å². The van der Waals surface area contributed by atoms with Gasteiger partial charge in [0.05, 0.1) is 0 Å². The topological polar surface area (TPSA) is 49.4 Å². The molecule has 4 nitrogen and oxygen atoms in total. The van der Waals surface area contributed by atoms with Crippen LogP contribution in [0.3, 0.4) is 0 Å². The van der Waals surface area contributed by atoms with Crippen LogP contribution in [0.5, 0.6) is 0 Å². The monoisotopic (exact) mass is 354 g/mol. The lowest BCUT2D eigenvalue weighted by Crippen LogP contribution is -2.35. The Balaban J connectivity index is 1.63. The maximum atomic E-state index is 12.6. The van der Waals surface area contributed by atoms with E-state index in [0.717, 1.165) is 36.6 Å². The van der Waals surface area contributed by atoms with Gasteiger partial charge in [-0.3, -0.25) is 9.59 Å². The minimum atomic E-state index is -0.0778. The lowest BCUT2D eigenvalue weighted by molar-refractivity contribution is -0.114. The van der Waals surface area contributed by atoms with E-state index in [-0.39, 0.29) is 11.8 Å². The summed E-state index contributed by atoms with van der Waals surface area (Å²) in [5.41, 5.74) is 2.68. The molecule has 2 aliphatic rings. The quantitative estimate of drug-likeness (QED) is 0.810. The number of benzene rings is 1. The molecule has 0 radical (unpaired) electrons. The molecule has 1 saturated carbocycles. The molecular formula is C22H30N2O2. The molecule has 26 heavy (non-hydrogen) atoms. The molecule has 3 rings (SSSR count). The van der Waals surface area contributed by atoms with Gasteiger partial charge in [-0.15, -0.1) is 0 Å². The summed E-state index contributed by atoms with van der Waals surface area (Å²) < 4.78 is 0. The van der Waals surface area contributed by atoms with Crippen LogP contribution in [0.25, 0.3) is 0 Å². The maximum absolute atomic E-state index is 12.6. The maximum Gasteiger partial charge on any atom is 0.251 e. The highest BCUT2D eigenvalue weighted by atomic mass is 16.2. The molecular weight excluding hydrogens is 324 g/mol. The van der Waals surface area contributed by atoms with E-state index in [1.165, 1.54) is 38.2 Å². The fourth-order valence-electron chi connectivity index (χ4n) is 4.38. The summed E-state index contributed by atoms with van der Waals surface area (Å²) in [6.45, 7) is 7.33. The third-order valence-corrected chi connectivity index (χ3v) is 5.92. The zero-order valence-electron chi connectivity index (χ0n) is 15.8. The highest BCUT2D eigenvalue weighted by Gasteiger charge is 2.23. The third-order valence-electron chi connectivity index (χ3n) is 5.92. The van der Waals surface area contributed by atoms with Crippen molar-refractivity contribution in [3.63, 3.8) is 0 Å². The number of hydrogen-bond donors (Lipinski definition) is 1. The molecule has 0 spiro atoms. The van der Waals surface area contributed by atoms with Crippen molar-refractivity contribution in [2.24, 2.45) is 11.8 Å². The molecule has 1 aliphatic heterocycles. The summed E-state index contributed by atoms with van der Waals surface area (Å²) in [6.07, 6.45) is 9.49. The molecule has 0 bridgehead atoms. The summed E-state index contributed by atoms with van der Waals surface area (Å²) in [5, 5.41) is 3.13. The van der Waals surface area contributed by atoms with Gasteiger partial charge in [-0.2, -0.15) is 0 Å². The molecule has 1 aliphatic carbocycles. The van der Waals surface area contributed by atoms with Gasteiger partial charge in [0.25, 0.3) is 5.91 Å². The Bertz CT molecular complexity index is 683. The fourth-order valence-corrected chi connectivity index (χ4v) is 4.38. The van der Waals surface area contributed by atoms with Crippen molar-refractivity contribution in [3.05, 3.63) is 42.0 Å². The Morgan fingerprint density at radius 2 is 2.08 bits per heavy atom. The van der Waals surface area contributed by atoms with Crippen molar-refractivity contribution in [2.75, 3.05) is 18.0 Å². The number of hydrogen-bond acceptors (Lipinski definition) is 2. The molecule has 2 atom stereocenters. The third kappa shape index (κ3) is 4.17. The number of amides is 2. The van der Waals surface area contributed by atoms with Gasteiger partial charge in [0.1, 0.15) is 0 Å². The van der Waals surface area contributed by atoms with E-state index in [1.54, 1.807) is 4.90 Å². The number of fused-ring (bicyclic) bond motifs is 1. The van der Waals surface area contributed by atoms with Crippen LogP contribution < -0.4 is 10.2 Å². The first-order valence-electron chi connectivity index (χ1n) is 9.97. The predicted octanol–water partition coefficient (Wildman–Crippen LogP) is 4.10. The van der Waals surface area contributed by atoms with E-state index < -0.39 is 0 Å². The zero-order valence-corrected chi connectivity index (χ0v) is 15.8. The van der Waals surface area contributed by atoms with Gasteiger partial charge in [-0.1, -0.05) is 32.8 Å². The largest absolute Gasteiger partial charge is 0.352 e. The van der Waals surface area contributed by atoms with Crippen molar-refractivity contribution in [3.8, 4) is 0 Å². The summed E-state index contributed by atoms with van der Waals surface area (Å²) in [5.74, 6) is 1.35. The average Bonchev–Trinajstić information content (AvgIpc) is 2.70. The minimum absolute atomic E-state index is 0.00130. The second kappa shape index (κ2) is 8.52. The molecule has 1 N–H and O–H groups in total. The van der Waals surface area contributed by atoms with Gasteiger partial charge in [0.2, 0.25) is 5.91 Å². The molecule has 1 aromatic carbocycles. The number of anilines is 1. The van der Waals surface area contributed by atoms with Crippen LogP contribution in [-0.4, -0.2) is 24.9 Å². The molecule has 0 saturated heterocycles. The highest BCUT2D eigenvalue weighted by Crippen LogP contribution is 2.31. The first-order chi connectivity index (χ1) is 12.6. The molecule has 2 amide bonds. The number of nitrogens with zero attached hydrogens (tertiary/aromatic N) is 1. The Labute approximate surface area is 156 Å². The van der Waals surface area contributed by atoms with Gasteiger partial charge in [-0.25, -0.2) is 0 Å². The van der Waals surface area contributed by atoms with Crippen LogP contribution in [-0.2, 0) is 11.2 Å². The van der Waals surface area contributed by atoms with Crippen LogP contribution in [0.4, 0.5) is 5.69 Å². The number of rotatable bonds is 5. The van der Waals surface area contributed by atoms with Gasteiger partial charge < -0.3 is 10.2 Å². The molecule has 1 aromatic rings. The Morgan fingerprint density at radius 3 is 2.85 bits per heavy atom. The van der Waals surface area contributed by atoms with Crippen LogP contribution in [0.2, 0.25) is 0 Å². The first kappa shape index (κ1) is 18.7. The average molecular weight is 354 g/mol. The second-order valence-corrected chi connectivity index (χ2v) is 7.66. The molecule has 2 unspecified atom stereocenters. The normalized spacial score (nSPS) is 22.4. The van der Waals surface area contributed by atoms with Crippen LogP contribution in [0, 0.1) is 11.8 Å². The van der Waals surface area contributed by atoms with E-state index in [9.17, 15) is 9.59 Å². The van der Waals surface area contributed by atoms with Crippen molar-refractivity contribution >= 4 is 17.5 Å². The number of carbonyl (C=O) groups is 2. The van der Waals surface area contributed by atoms with Gasteiger partial charge in [0, 0.05) is 24.3 Å².